The molecule has 5 heteroatoms. The van der Waals surface area contributed by atoms with Gasteiger partial charge in [0.25, 0.3) is 0 Å². The molecule has 1 atom stereocenters. The van der Waals surface area contributed by atoms with Crippen molar-refractivity contribution in [3.63, 3.8) is 0 Å². The van der Waals surface area contributed by atoms with Gasteiger partial charge in [0.2, 0.25) is 0 Å². The summed E-state index contributed by atoms with van der Waals surface area (Å²) in [5.41, 5.74) is 7.87. The molecule has 3 N–H and O–H groups in total. The molecular formula is C15H25N3O2. The second-order valence-electron chi connectivity index (χ2n) is 5.16. The Hall–Kier alpha value is -1.75. The van der Waals surface area contributed by atoms with Gasteiger partial charge in [-0.2, -0.15) is 0 Å². The molecule has 5 nitrogen and oxygen atoms in total. The van der Waals surface area contributed by atoms with Crippen LogP contribution in [0, 0.1) is 0 Å². The lowest BCUT2D eigenvalue weighted by Gasteiger charge is -2.19. The molecule has 1 aromatic rings. The lowest BCUT2D eigenvalue weighted by atomic mass is 10.1. The van der Waals surface area contributed by atoms with Crippen molar-refractivity contribution < 1.29 is 9.53 Å². The normalized spacial score (nSPS) is 12.2. The fourth-order valence-electron chi connectivity index (χ4n) is 1.81. The maximum Gasteiger partial charge on any atom is 0.338 e. The first-order valence-electron chi connectivity index (χ1n) is 6.92. The van der Waals surface area contributed by atoms with Crippen LogP contribution in [0.1, 0.15) is 30.6 Å². The van der Waals surface area contributed by atoms with Crippen LogP contribution < -0.4 is 11.1 Å². The highest BCUT2D eigenvalue weighted by atomic mass is 16.5. The van der Waals surface area contributed by atoms with Crippen molar-refractivity contribution in [1.82, 2.24) is 4.90 Å². The first kappa shape index (κ1) is 16.3. The summed E-state index contributed by atoms with van der Waals surface area (Å²) < 4.78 is 4.99. The molecule has 1 aromatic carbocycles. The zero-order chi connectivity index (χ0) is 15.1. The number of nitrogens with two attached hydrogens (primary N) is 1. The molecule has 0 radical (unpaired) electrons. The monoisotopic (exact) mass is 279 g/mol. The lowest BCUT2D eigenvalue weighted by molar-refractivity contribution is 0.0526. The summed E-state index contributed by atoms with van der Waals surface area (Å²) in [6, 6.07) is 5.44. The Morgan fingerprint density at radius 3 is 2.75 bits per heavy atom. The smallest absolute Gasteiger partial charge is 0.338 e. The largest absolute Gasteiger partial charge is 0.462 e. The number of ether oxygens (including phenoxy) is 1. The average Bonchev–Trinajstić information content (AvgIpc) is 2.39. The number of rotatable bonds is 7. The highest BCUT2D eigenvalue weighted by molar-refractivity contribution is 5.92. The lowest BCUT2D eigenvalue weighted by Crippen LogP contribution is -2.23. The molecule has 1 rings (SSSR count). The molecule has 0 spiro atoms. The van der Waals surface area contributed by atoms with Crippen LogP contribution in [-0.4, -0.2) is 44.2 Å². The average molecular weight is 279 g/mol. The van der Waals surface area contributed by atoms with E-state index in [2.05, 4.69) is 17.1 Å². The van der Waals surface area contributed by atoms with Gasteiger partial charge >= 0.3 is 5.97 Å². The van der Waals surface area contributed by atoms with Gasteiger partial charge in [-0.25, -0.2) is 4.79 Å². The van der Waals surface area contributed by atoms with E-state index < -0.39 is 0 Å². The molecular weight excluding hydrogens is 254 g/mol. The van der Waals surface area contributed by atoms with Gasteiger partial charge in [-0.3, -0.25) is 0 Å². The highest BCUT2D eigenvalue weighted by Crippen LogP contribution is 2.22. The van der Waals surface area contributed by atoms with Crippen LogP contribution in [-0.2, 0) is 4.74 Å². The number of nitrogens with zero attached hydrogens (tertiary/aromatic N) is 1. The molecule has 1 unspecified atom stereocenters. The van der Waals surface area contributed by atoms with Crippen LogP contribution in [0.4, 0.5) is 11.4 Å². The summed E-state index contributed by atoms with van der Waals surface area (Å²) in [5, 5.41) is 3.34. The van der Waals surface area contributed by atoms with Crippen LogP contribution in [0.3, 0.4) is 0 Å². The van der Waals surface area contributed by atoms with Gasteiger partial charge in [-0.05, 0) is 59.1 Å². The van der Waals surface area contributed by atoms with E-state index in [0.29, 0.717) is 17.9 Å². The number of nitrogen functional groups attached to an aromatic ring is 1. The number of hydrogen-bond acceptors (Lipinski definition) is 5. The van der Waals surface area contributed by atoms with Gasteiger partial charge < -0.3 is 20.7 Å². The zero-order valence-corrected chi connectivity index (χ0v) is 12.8. The van der Waals surface area contributed by atoms with Gasteiger partial charge in [0.15, 0.2) is 0 Å². The van der Waals surface area contributed by atoms with E-state index in [1.807, 2.05) is 14.1 Å². The molecule has 0 fully saturated rings. The third kappa shape index (κ3) is 5.09. The molecule has 0 bridgehead atoms. The third-order valence-corrected chi connectivity index (χ3v) is 2.98. The topological polar surface area (TPSA) is 67.6 Å². The molecule has 0 heterocycles. The minimum absolute atomic E-state index is 0.275. The Kier molecular flexibility index (Phi) is 6.31. The van der Waals surface area contributed by atoms with Crippen molar-refractivity contribution in [2.45, 2.75) is 26.3 Å². The molecule has 0 aromatic heterocycles. The van der Waals surface area contributed by atoms with Gasteiger partial charge in [0, 0.05) is 6.04 Å². The summed E-state index contributed by atoms with van der Waals surface area (Å²) in [7, 11) is 4.09. The van der Waals surface area contributed by atoms with Gasteiger partial charge in [0.05, 0.1) is 23.5 Å². The van der Waals surface area contributed by atoms with Crippen molar-refractivity contribution in [2.75, 3.05) is 38.3 Å². The number of esters is 1. The van der Waals surface area contributed by atoms with Gasteiger partial charge in [0.1, 0.15) is 0 Å². The number of hydrogen-bond donors (Lipinski definition) is 2. The SMILES string of the molecule is CCOC(=O)c1ccc(N)c(NC(C)CCN(C)C)c1. The van der Waals surface area contributed by atoms with Crippen molar-refractivity contribution >= 4 is 17.3 Å². The molecule has 20 heavy (non-hydrogen) atoms. The second-order valence-corrected chi connectivity index (χ2v) is 5.16. The van der Waals surface area contributed by atoms with Crippen LogP contribution in [0.5, 0.6) is 0 Å². The van der Waals surface area contributed by atoms with E-state index in [1.54, 1.807) is 25.1 Å². The Morgan fingerprint density at radius 1 is 1.45 bits per heavy atom. The fourth-order valence-corrected chi connectivity index (χ4v) is 1.81. The minimum Gasteiger partial charge on any atom is -0.462 e. The quantitative estimate of drug-likeness (QED) is 0.591. The van der Waals surface area contributed by atoms with Gasteiger partial charge in [-0.1, -0.05) is 0 Å². The maximum atomic E-state index is 11.7. The molecule has 0 aliphatic heterocycles. The van der Waals surface area contributed by atoms with Crippen molar-refractivity contribution in [3.8, 4) is 0 Å². The van der Waals surface area contributed by atoms with Crippen molar-refractivity contribution in [2.24, 2.45) is 0 Å². The van der Waals surface area contributed by atoms with Gasteiger partial charge in [-0.15, -0.1) is 0 Å². The molecule has 112 valence electrons. The minimum atomic E-state index is -0.323. The fraction of sp³-hybridized carbons (Fsp3) is 0.533. The summed E-state index contributed by atoms with van der Waals surface area (Å²) in [5.74, 6) is -0.323. The predicted octanol–water partition coefficient (Wildman–Crippen LogP) is 2.20. The summed E-state index contributed by atoms with van der Waals surface area (Å²) >= 11 is 0. The van der Waals surface area contributed by atoms with E-state index >= 15 is 0 Å². The Labute approximate surface area is 121 Å². The molecule has 0 aliphatic carbocycles. The van der Waals surface area contributed by atoms with Crippen LogP contribution in [0.2, 0.25) is 0 Å². The Morgan fingerprint density at radius 2 is 2.15 bits per heavy atom. The van der Waals surface area contributed by atoms with Crippen molar-refractivity contribution in [3.05, 3.63) is 23.8 Å². The first-order valence-corrected chi connectivity index (χ1v) is 6.92. The Bertz CT molecular complexity index is 447. The van der Waals surface area contributed by atoms with Crippen LogP contribution in [0.25, 0.3) is 0 Å². The summed E-state index contributed by atoms with van der Waals surface area (Å²) in [6.07, 6.45) is 0.996. The third-order valence-electron chi connectivity index (χ3n) is 2.98. The predicted molar refractivity (Wildman–Crippen MR) is 83.1 cm³/mol. The molecule has 0 amide bonds. The molecule has 0 aliphatic rings. The first-order chi connectivity index (χ1) is 9.43. The second kappa shape index (κ2) is 7.75. The summed E-state index contributed by atoms with van der Waals surface area (Å²) in [4.78, 5) is 13.8. The van der Waals surface area contributed by atoms with E-state index in [1.165, 1.54) is 0 Å². The molecule has 0 saturated heterocycles. The van der Waals surface area contributed by atoms with E-state index in [9.17, 15) is 4.79 Å². The zero-order valence-electron chi connectivity index (χ0n) is 12.8. The van der Waals surface area contributed by atoms with Crippen LogP contribution >= 0.6 is 0 Å². The highest BCUT2D eigenvalue weighted by Gasteiger charge is 2.11. The van der Waals surface area contributed by atoms with Crippen LogP contribution in [0.15, 0.2) is 18.2 Å². The number of carbonyl (C=O) groups excluding carboxylic acids is 1. The van der Waals surface area contributed by atoms with Crippen molar-refractivity contribution in [1.29, 1.82) is 0 Å². The summed E-state index contributed by atoms with van der Waals surface area (Å²) in [6.45, 7) is 5.24. The van der Waals surface area contributed by atoms with E-state index in [4.69, 9.17) is 10.5 Å². The number of carbonyl (C=O) groups is 1. The number of nitrogens with one attached hydrogen (secondary N) is 1. The van der Waals surface area contributed by atoms with E-state index in [-0.39, 0.29) is 12.0 Å². The standard InChI is InChI=1S/C15H25N3O2/c1-5-20-15(19)12-6-7-13(16)14(10-12)17-11(2)8-9-18(3)4/h6-7,10-11,17H,5,8-9,16H2,1-4H3. The number of anilines is 2. The number of benzene rings is 1. The maximum absolute atomic E-state index is 11.7. The van der Waals surface area contributed by atoms with E-state index in [0.717, 1.165) is 18.7 Å². The Balaban J connectivity index is 2.73. The molecule has 0 saturated carbocycles.